The van der Waals surface area contributed by atoms with Gasteiger partial charge in [-0.25, -0.2) is 0 Å². The average Bonchev–Trinajstić information content (AvgIpc) is 2.36. The molecule has 0 aromatic heterocycles. The number of rotatable bonds is 6. The van der Waals surface area contributed by atoms with Crippen molar-refractivity contribution in [3.05, 3.63) is 33.8 Å². The average molecular weight is 319 g/mol. The molecular weight excluding hydrogens is 295 g/mol. The van der Waals surface area contributed by atoms with E-state index in [9.17, 15) is 0 Å². The monoisotopic (exact) mass is 318 g/mol. The maximum absolute atomic E-state index is 6.06. The van der Waals surface area contributed by atoms with Gasteiger partial charge in [0.2, 0.25) is 0 Å². The minimum atomic E-state index is -0.0106. The van der Waals surface area contributed by atoms with Crippen LogP contribution in [0.1, 0.15) is 33.3 Å². The van der Waals surface area contributed by atoms with Crippen LogP contribution in [0.15, 0.2) is 18.2 Å². The zero-order valence-electron chi connectivity index (χ0n) is 12.5. The first-order valence-corrected chi connectivity index (χ1v) is 7.56. The van der Waals surface area contributed by atoms with Gasteiger partial charge in [0.05, 0.1) is 22.2 Å². The molecule has 0 spiro atoms. The van der Waals surface area contributed by atoms with Gasteiger partial charge in [-0.2, -0.15) is 0 Å². The fraction of sp³-hybridized carbons (Fsp3) is 0.600. The minimum Gasteiger partial charge on any atom is -0.376 e. The van der Waals surface area contributed by atoms with Crippen molar-refractivity contribution in [2.24, 2.45) is 11.3 Å². The second-order valence-corrected chi connectivity index (χ2v) is 6.78. The van der Waals surface area contributed by atoms with Crippen LogP contribution in [0.2, 0.25) is 10.0 Å². The van der Waals surface area contributed by atoms with Crippen LogP contribution >= 0.6 is 23.2 Å². The molecule has 0 saturated heterocycles. The molecule has 0 heterocycles. The maximum Gasteiger partial charge on any atom is 0.0792 e. The second kappa shape index (κ2) is 7.62. The molecule has 1 aromatic carbocycles. The first-order valence-electron chi connectivity index (χ1n) is 6.81. The fourth-order valence-corrected chi connectivity index (χ4v) is 2.64. The van der Waals surface area contributed by atoms with Crippen molar-refractivity contribution in [3.63, 3.8) is 0 Å². The highest BCUT2D eigenvalue weighted by Crippen LogP contribution is 2.28. The summed E-state index contributed by atoms with van der Waals surface area (Å²) in [5.41, 5.74) is 3.94. The predicted molar refractivity (Wildman–Crippen MR) is 86.1 cm³/mol. The Morgan fingerprint density at radius 2 is 1.90 bits per heavy atom. The number of hydrogen-bond acceptors (Lipinski definition) is 3. The SMILES string of the molecule is CCOC(C(Cc1ccc(Cl)c(Cl)c1)NN)C(C)(C)C. The van der Waals surface area contributed by atoms with Gasteiger partial charge in [-0.1, -0.05) is 50.0 Å². The molecule has 0 aliphatic carbocycles. The standard InChI is InChI=1S/C15H24Cl2N2O/c1-5-20-14(15(2,3)4)13(19-18)9-10-6-7-11(16)12(17)8-10/h6-8,13-14,19H,5,9,18H2,1-4H3. The number of hydrogen-bond donors (Lipinski definition) is 2. The van der Waals surface area contributed by atoms with E-state index in [2.05, 4.69) is 26.2 Å². The fourth-order valence-electron chi connectivity index (χ4n) is 2.32. The largest absolute Gasteiger partial charge is 0.376 e. The van der Waals surface area contributed by atoms with Crippen molar-refractivity contribution >= 4 is 23.2 Å². The zero-order valence-corrected chi connectivity index (χ0v) is 14.1. The third-order valence-corrected chi connectivity index (χ3v) is 3.96. The van der Waals surface area contributed by atoms with Gasteiger partial charge in [0.15, 0.2) is 0 Å². The van der Waals surface area contributed by atoms with Gasteiger partial charge in [0.25, 0.3) is 0 Å². The zero-order chi connectivity index (χ0) is 15.3. The van der Waals surface area contributed by atoms with E-state index >= 15 is 0 Å². The van der Waals surface area contributed by atoms with Crippen molar-refractivity contribution < 1.29 is 4.74 Å². The number of nitrogens with one attached hydrogen (secondary N) is 1. The number of benzene rings is 1. The molecule has 0 aliphatic rings. The number of ether oxygens (including phenoxy) is 1. The molecule has 3 nitrogen and oxygen atoms in total. The lowest BCUT2D eigenvalue weighted by Crippen LogP contribution is -2.52. The highest BCUT2D eigenvalue weighted by atomic mass is 35.5. The molecule has 5 heteroatoms. The van der Waals surface area contributed by atoms with E-state index in [1.54, 1.807) is 6.07 Å². The third-order valence-electron chi connectivity index (χ3n) is 3.22. The van der Waals surface area contributed by atoms with Crippen molar-refractivity contribution in [1.82, 2.24) is 5.43 Å². The van der Waals surface area contributed by atoms with Gasteiger partial charge in [0.1, 0.15) is 0 Å². The predicted octanol–water partition coefficient (Wildman–Crippen LogP) is 3.82. The number of hydrazine groups is 1. The Bertz CT molecular complexity index is 432. The van der Waals surface area contributed by atoms with Crippen LogP contribution in [-0.2, 0) is 11.2 Å². The first-order chi connectivity index (χ1) is 9.29. The van der Waals surface area contributed by atoms with Crippen LogP contribution in [0.5, 0.6) is 0 Å². The number of halogens is 2. The Balaban J connectivity index is 2.91. The summed E-state index contributed by atoms with van der Waals surface area (Å²) < 4.78 is 5.88. The Hall–Kier alpha value is -0.320. The summed E-state index contributed by atoms with van der Waals surface area (Å²) in [7, 11) is 0. The van der Waals surface area contributed by atoms with Crippen LogP contribution in [-0.4, -0.2) is 18.8 Å². The molecule has 3 N–H and O–H groups in total. The molecule has 2 unspecified atom stereocenters. The van der Waals surface area contributed by atoms with Crippen molar-refractivity contribution in [3.8, 4) is 0 Å². The van der Waals surface area contributed by atoms with E-state index in [1.807, 2.05) is 19.1 Å². The Morgan fingerprint density at radius 3 is 2.35 bits per heavy atom. The quantitative estimate of drug-likeness (QED) is 0.619. The summed E-state index contributed by atoms with van der Waals surface area (Å²) in [4.78, 5) is 0. The van der Waals surface area contributed by atoms with Gasteiger partial charge >= 0.3 is 0 Å². The van der Waals surface area contributed by atoms with E-state index in [4.69, 9.17) is 33.8 Å². The summed E-state index contributed by atoms with van der Waals surface area (Å²) in [6.07, 6.45) is 0.738. The Labute approximate surface area is 131 Å². The molecular formula is C15H24Cl2N2O. The van der Waals surface area contributed by atoms with E-state index in [0.717, 1.165) is 12.0 Å². The van der Waals surface area contributed by atoms with Crippen LogP contribution < -0.4 is 11.3 Å². The Morgan fingerprint density at radius 1 is 1.25 bits per heavy atom. The summed E-state index contributed by atoms with van der Waals surface area (Å²) in [5.74, 6) is 5.73. The van der Waals surface area contributed by atoms with Crippen LogP contribution in [0, 0.1) is 5.41 Å². The lowest BCUT2D eigenvalue weighted by atomic mass is 9.82. The summed E-state index contributed by atoms with van der Waals surface area (Å²) in [5, 5.41) is 1.12. The van der Waals surface area contributed by atoms with Gasteiger partial charge in [-0.15, -0.1) is 0 Å². The minimum absolute atomic E-state index is 0.00644. The molecule has 0 fully saturated rings. The molecule has 114 valence electrons. The molecule has 20 heavy (non-hydrogen) atoms. The molecule has 0 amide bonds. The molecule has 0 bridgehead atoms. The topological polar surface area (TPSA) is 47.3 Å². The molecule has 1 aromatic rings. The third kappa shape index (κ3) is 4.90. The van der Waals surface area contributed by atoms with Gasteiger partial charge < -0.3 is 4.74 Å². The van der Waals surface area contributed by atoms with Crippen LogP contribution in [0.3, 0.4) is 0 Å². The molecule has 2 atom stereocenters. The highest BCUT2D eigenvalue weighted by molar-refractivity contribution is 6.42. The van der Waals surface area contributed by atoms with E-state index in [-0.39, 0.29) is 17.6 Å². The van der Waals surface area contributed by atoms with Gasteiger partial charge in [-0.05, 0) is 36.5 Å². The van der Waals surface area contributed by atoms with Gasteiger partial charge in [-0.3, -0.25) is 11.3 Å². The summed E-state index contributed by atoms with van der Waals surface area (Å²) >= 11 is 12.0. The second-order valence-electron chi connectivity index (χ2n) is 5.97. The van der Waals surface area contributed by atoms with Crippen molar-refractivity contribution in [2.75, 3.05) is 6.61 Å². The summed E-state index contributed by atoms with van der Waals surface area (Å²) in [6, 6.07) is 5.65. The molecule has 0 saturated carbocycles. The van der Waals surface area contributed by atoms with E-state index in [0.29, 0.717) is 16.7 Å². The molecule has 1 rings (SSSR count). The molecule has 0 aliphatic heterocycles. The summed E-state index contributed by atoms with van der Waals surface area (Å²) in [6.45, 7) is 9.08. The smallest absolute Gasteiger partial charge is 0.0792 e. The maximum atomic E-state index is 6.06. The van der Waals surface area contributed by atoms with Gasteiger partial charge in [0, 0.05) is 6.61 Å². The van der Waals surface area contributed by atoms with Crippen molar-refractivity contribution in [1.29, 1.82) is 0 Å². The van der Waals surface area contributed by atoms with Crippen molar-refractivity contribution in [2.45, 2.75) is 46.3 Å². The van der Waals surface area contributed by atoms with E-state index in [1.165, 1.54) is 0 Å². The highest BCUT2D eigenvalue weighted by Gasteiger charge is 2.32. The van der Waals surface area contributed by atoms with Crippen LogP contribution in [0.25, 0.3) is 0 Å². The van der Waals surface area contributed by atoms with E-state index < -0.39 is 0 Å². The normalized spacial score (nSPS) is 15.2. The Kier molecular flexibility index (Phi) is 6.76. The van der Waals surface area contributed by atoms with Crippen LogP contribution in [0.4, 0.5) is 0 Å². The lowest BCUT2D eigenvalue weighted by Gasteiger charge is -2.36. The molecule has 0 radical (unpaired) electrons. The number of nitrogens with two attached hydrogens (primary N) is 1. The lowest BCUT2D eigenvalue weighted by molar-refractivity contribution is -0.0356. The first kappa shape index (κ1) is 17.7.